The first-order valence-corrected chi connectivity index (χ1v) is 3.22. The monoisotopic (exact) mass is 181 g/mol. The van der Waals surface area contributed by atoms with Gasteiger partial charge in [-0.15, -0.1) is 12.4 Å². The van der Waals surface area contributed by atoms with Gasteiger partial charge in [-0.2, -0.15) is 0 Å². The summed E-state index contributed by atoms with van der Waals surface area (Å²) in [5.41, 5.74) is 0. The highest BCUT2D eigenvalue weighted by molar-refractivity contribution is 5.85. The van der Waals surface area contributed by atoms with Crippen molar-refractivity contribution in [1.82, 2.24) is 5.32 Å². The number of nitrogens with one attached hydrogen (secondary N) is 1. The van der Waals surface area contributed by atoms with Crippen LogP contribution >= 0.6 is 12.4 Å². The molecule has 1 unspecified atom stereocenters. The molecule has 1 aliphatic rings. The lowest BCUT2D eigenvalue weighted by molar-refractivity contribution is -0.154. The predicted octanol–water partition coefficient (Wildman–Crippen LogP) is -0.839. The number of esters is 1. The van der Waals surface area contributed by atoms with Crippen molar-refractivity contribution in [3.8, 4) is 0 Å². The number of ether oxygens (including phenoxy) is 1. The maximum absolute atomic E-state index is 10.6. The highest BCUT2D eigenvalue weighted by Gasteiger charge is 2.31. The molecular weight excluding hydrogens is 170 g/mol. The number of hydrogen-bond donors (Lipinski definition) is 2. The molecule has 2 N–H and O–H groups in total. The Morgan fingerprint density at radius 2 is 2.27 bits per heavy atom. The minimum atomic E-state index is -0.939. The van der Waals surface area contributed by atoms with Crippen molar-refractivity contribution in [1.29, 1.82) is 0 Å². The van der Waals surface area contributed by atoms with E-state index in [2.05, 4.69) is 10.1 Å². The highest BCUT2D eigenvalue weighted by atomic mass is 35.5. The van der Waals surface area contributed by atoms with Crippen LogP contribution in [0.5, 0.6) is 0 Å². The van der Waals surface area contributed by atoms with Gasteiger partial charge in [-0.3, -0.25) is 0 Å². The van der Waals surface area contributed by atoms with Gasteiger partial charge in [0.25, 0.3) is 0 Å². The largest absolute Gasteiger partial charge is 0.467 e. The van der Waals surface area contributed by atoms with Crippen LogP contribution in [-0.2, 0) is 9.53 Å². The minimum Gasteiger partial charge on any atom is -0.467 e. The second-order valence-electron chi connectivity index (χ2n) is 2.39. The molecular formula is C6H12ClNO3. The fourth-order valence-electron chi connectivity index (χ4n) is 0.847. The second kappa shape index (κ2) is 4.54. The van der Waals surface area contributed by atoms with Gasteiger partial charge in [-0.25, -0.2) is 4.79 Å². The average molecular weight is 182 g/mol. The van der Waals surface area contributed by atoms with Crippen LogP contribution in [0.4, 0.5) is 0 Å². The third-order valence-corrected chi connectivity index (χ3v) is 1.70. The van der Waals surface area contributed by atoms with E-state index in [9.17, 15) is 4.79 Å². The summed E-state index contributed by atoms with van der Waals surface area (Å²) in [6.45, 7) is 1.41. The van der Waals surface area contributed by atoms with Gasteiger partial charge in [0, 0.05) is 19.0 Å². The molecule has 1 aliphatic heterocycles. The van der Waals surface area contributed by atoms with Crippen molar-refractivity contribution >= 4 is 18.4 Å². The summed E-state index contributed by atoms with van der Waals surface area (Å²) in [6.07, 6.45) is -0.939. The molecule has 0 spiro atoms. The van der Waals surface area contributed by atoms with E-state index >= 15 is 0 Å². The highest BCUT2D eigenvalue weighted by Crippen LogP contribution is 2.09. The Bertz CT molecular complexity index is 138. The van der Waals surface area contributed by atoms with Crippen LogP contribution in [0.3, 0.4) is 0 Å². The van der Waals surface area contributed by atoms with Crippen molar-refractivity contribution in [2.75, 3.05) is 20.2 Å². The molecule has 0 bridgehead atoms. The first-order valence-electron chi connectivity index (χ1n) is 3.22. The number of carbonyl (C=O) groups excluding carboxylic acids is 1. The lowest BCUT2D eigenvalue weighted by Gasteiger charge is -2.29. The topological polar surface area (TPSA) is 58.6 Å². The molecule has 0 radical (unpaired) electrons. The second-order valence-corrected chi connectivity index (χ2v) is 2.39. The Morgan fingerprint density at radius 1 is 1.73 bits per heavy atom. The molecule has 0 saturated carbocycles. The van der Waals surface area contributed by atoms with Gasteiger partial charge in [0.15, 0.2) is 6.10 Å². The number of carbonyl (C=O) groups is 1. The SMILES string of the molecule is COC(=O)C(O)C1CNC1.Cl. The molecule has 0 aliphatic carbocycles. The summed E-state index contributed by atoms with van der Waals surface area (Å²) in [7, 11) is 1.28. The molecule has 4 nitrogen and oxygen atoms in total. The number of aliphatic hydroxyl groups excluding tert-OH is 1. The maximum Gasteiger partial charge on any atom is 0.335 e. The fraction of sp³-hybridized carbons (Fsp3) is 0.833. The first-order chi connectivity index (χ1) is 4.75. The normalized spacial score (nSPS) is 19.5. The van der Waals surface area contributed by atoms with E-state index in [4.69, 9.17) is 5.11 Å². The molecule has 5 heteroatoms. The standard InChI is InChI=1S/C6H11NO3.ClH/c1-10-6(9)5(8)4-2-7-3-4;/h4-5,7-8H,2-3H2,1H3;1H. The van der Waals surface area contributed by atoms with Crippen molar-refractivity contribution in [2.24, 2.45) is 5.92 Å². The van der Waals surface area contributed by atoms with E-state index in [0.717, 1.165) is 0 Å². The van der Waals surface area contributed by atoms with Crippen LogP contribution in [0.1, 0.15) is 0 Å². The molecule has 11 heavy (non-hydrogen) atoms. The van der Waals surface area contributed by atoms with Crippen molar-refractivity contribution in [3.05, 3.63) is 0 Å². The van der Waals surface area contributed by atoms with Gasteiger partial charge in [0.1, 0.15) is 0 Å². The van der Waals surface area contributed by atoms with Gasteiger partial charge in [0.05, 0.1) is 7.11 Å². The molecule has 1 atom stereocenters. The molecule has 1 saturated heterocycles. The fourth-order valence-corrected chi connectivity index (χ4v) is 0.847. The van der Waals surface area contributed by atoms with Crippen LogP contribution in [0, 0.1) is 5.92 Å². The molecule has 1 heterocycles. The van der Waals surface area contributed by atoms with Crippen LogP contribution in [0.15, 0.2) is 0 Å². The Labute approximate surface area is 71.3 Å². The van der Waals surface area contributed by atoms with Gasteiger partial charge >= 0.3 is 5.97 Å². The Hall–Kier alpha value is -0.320. The quantitative estimate of drug-likeness (QED) is 0.546. The summed E-state index contributed by atoms with van der Waals surface area (Å²) in [6, 6.07) is 0. The van der Waals surface area contributed by atoms with Crippen molar-refractivity contribution in [3.63, 3.8) is 0 Å². The predicted molar refractivity (Wildman–Crippen MR) is 41.6 cm³/mol. The lowest BCUT2D eigenvalue weighted by Crippen LogP contribution is -2.51. The minimum absolute atomic E-state index is 0. The molecule has 1 fully saturated rings. The zero-order chi connectivity index (χ0) is 7.56. The lowest BCUT2D eigenvalue weighted by atomic mass is 9.97. The van der Waals surface area contributed by atoms with E-state index in [1.165, 1.54) is 7.11 Å². The smallest absolute Gasteiger partial charge is 0.335 e. The summed E-state index contributed by atoms with van der Waals surface area (Å²) in [5, 5.41) is 12.1. The van der Waals surface area contributed by atoms with Gasteiger partial charge in [-0.05, 0) is 0 Å². The van der Waals surface area contributed by atoms with Crippen LogP contribution in [0.25, 0.3) is 0 Å². The Balaban J connectivity index is 0.000001000. The van der Waals surface area contributed by atoms with E-state index in [0.29, 0.717) is 13.1 Å². The van der Waals surface area contributed by atoms with Crippen molar-refractivity contribution < 1.29 is 14.6 Å². The van der Waals surface area contributed by atoms with Gasteiger partial charge < -0.3 is 15.2 Å². The van der Waals surface area contributed by atoms with Crippen LogP contribution < -0.4 is 5.32 Å². The van der Waals surface area contributed by atoms with Crippen molar-refractivity contribution in [2.45, 2.75) is 6.10 Å². The van der Waals surface area contributed by atoms with E-state index in [1.54, 1.807) is 0 Å². The Kier molecular flexibility index (Phi) is 4.40. The number of halogens is 1. The third kappa shape index (κ3) is 2.32. The number of aliphatic hydroxyl groups is 1. The van der Waals surface area contributed by atoms with E-state index < -0.39 is 12.1 Å². The molecule has 0 aromatic rings. The number of hydrogen-bond acceptors (Lipinski definition) is 4. The van der Waals surface area contributed by atoms with E-state index in [1.807, 2.05) is 0 Å². The van der Waals surface area contributed by atoms with E-state index in [-0.39, 0.29) is 18.3 Å². The number of rotatable bonds is 2. The van der Waals surface area contributed by atoms with Crippen LogP contribution in [0.2, 0.25) is 0 Å². The Morgan fingerprint density at radius 3 is 2.55 bits per heavy atom. The van der Waals surface area contributed by atoms with Gasteiger partial charge in [0.2, 0.25) is 0 Å². The maximum atomic E-state index is 10.6. The summed E-state index contributed by atoms with van der Waals surface area (Å²) >= 11 is 0. The zero-order valence-electron chi connectivity index (χ0n) is 6.24. The molecule has 0 aromatic carbocycles. The zero-order valence-corrected chi connectivity index (χ0v) is 7.06. The summed E-state index contributed by atoms with van der Waals surface area (Å²) in [4.78, 5) is 10.6. The number of methoxy groups -OCH3 is 1. The summed E-state index contributed by atoms with van der Waals surface area (Å²) < 4.78 is 4.35. The molecule has 0 aromatic heterocycles. The molecule has 66 valence electrons. The molecule has 1 rings (SSSR count). The molecule has 0 amide bonds. The summed E-state index contributed by atoms with van der Waals surface area (Å²) in [5.74, 6) is -0.487. The average Bonchev–Trinajstić information content (AvgIpc) is 1.82. The van der Waals surface area contributed by atoms with Crippen LogP contribution in [-0.4, -0.2) is 37.4 Å². The van der Waals surface area contributed by atoms with Gasteiger partial charge in [-0.1, -0.05) is 0 Å². The third-order valence-electron chi connectivity index (χ3n) is 1.70. The first kappa shape index (κ1) is 10.7.